The smallest absolute Gasteiger partial charge is 0.225 e. The van der Waals surface area contributed by atoms with Crippen molar-refractivity contribution in [1.29, 1.82) is 0 Å². The molecule has 1 amide bonds. The molecule has 5 heteroatoms. The van der Waals surface area contributed by atoms with E-state index in [1.165, 1.54) is 0 Å². The summed E-state index contributed by atoms with van der Waals surface area (Å²) >= 11 is 0. The number of ether oxygens (including phenoxy) is 1. The van der Waals surface area contributed by atoms with Crippen molar-refractivity contribution in [1.82, 2.24) is 9.78 Å². The van der Waals surface area contributed by atoms with Crippen molar-refractivity contribution in [3.05, 3.63) is 42.1 Å². The number of nitrogens with one attached hydrogen (secondary N) is 1. The molecule has 0 bridgehead atoms. The molecular formula is C17H21N3O2. The summed E-state index contributed by atoms with van der Waals surface area (Å²) in [6, 6.07) is 9.79. The third kappa shape index (κ3) is 3.36. The van der Waals surface area contributed by atoms with E-state index in [1.54, 1.807) is 10.9 Å². The van der Waals surface area contributed by atoms with Gasteiger partial charge in [0.1, 0.15) is 5.82 Å². The molecule has 0 spiro atoms. The minimum atomic E-state index is 0.00540. The van der Waals surface area contributed by atoms with E-state index in [0.29, 0.717) is 12.2 Å². The van der Waals surface area contributed by atoms with Crippen molar-refractivity contribution in [2.75, 3.05) is 11.9 Å². The second-order valence-corrected chi connectivity index (χ2v) is 5.64. The summed E-state index contributed by atoms with van der Waals surface area (Å²) in [6.07, 6.45) is 5.36. The average molecular weight is 299 g/mol. The van der Waals surface area contributed by atoms with Crippen molar-refractivity contribution >= 4 is 11.7 Å². The Hall–Kier alpha value is -2.14. The van der Waals surface area contributed by atoms with Gasteiger partial charge in [0.05, 0.1) is 18.0 Å². The zero-order chi connectivity index (χ0) is 15.4. The molecule has 5 nitrogen and oxygen atoms in total. The highest BCUT2D eigenvalue weighted by molar-refractivity contribution is 5.90. The first-order chi connectivity index (χ1) is 10.7. The standard InChI is InChI=1S/C17H21N3O2/c1-13-5-2-3-7-15(13)20-16(10-11-18-20)19-17(21)9-8-14-6-4-12-22-14/h2-3,5,7,10-11,14H,4,6,8-9,12H2,1H3,(H,19,21)/t14-/m0/s1. The topological polar surface area (TPSA) is 56.2 Å². The molecule has 2 heterocycles. The van der Waals surface area contributed by atoms with Crippen molar-refractivity contribution in [2.24, 2.45) is 0 Å². The van der Waals surface area contributed by atoms with Gasteiger partial charge >= 0.3 is 0 Å². The zero-order valence-electron chi connectivity index (χ0n) is 12.8. The summed E-state index contributed by atoms with van der Waals surface area (Å²) < 4.78 is 7.31. The van der Waals surface area contributed by atoms with Crippen molar-refractivity contribution in [2.45, 2.75) is 38.7 Å². The molecule has 1 N–H and O–H groups in total. The predicted octanol–water partition coefficient (Wildman–Crippen LogP) is 3.08. The summed E-state index contributed by atoms with van der Waals surface area (Å²) in [5, 5.41) is 7.26. The Morgan fingerprint density at radius 3 is 3.05 bits per heavy atom. The van der Waals surface area contributed by atoms with E-state index >= 15 is 0 Å². The summed E-state index contributed by atoms with van der Waals surface area (Å²) in [7, 11) is 0. The lowest BCUT2D eigenvalue weighted by molar-refractivity contribution is -0.116. The molecule has 1 saturated heterocycles. The van der Waals surface area contributed by atoms with Crippen LogP contribution in [-0.4, -0.2) is 28.4 Å². The summed E-state index contributed by atoms with van der Waals surface area (Å²) in [4.78, 5) is 12.1. The molecule has 0 saturated carbocycles. The number of amides is 1. The fourth-order valence-electron chi connectivity index (χ4n) is 2.76. The number of carbonyl (C=O) groups excluding carboxylic acids is 1. The fourth-order valence-corrected chi connectivity index (χ4v) is 2.76. The molecule has 1 aromatic carbocycles. The van der Waals surface area contributed by atoms with E-state index in [-0.39, 0.29) is 12.0 Å². The first kappa shape index (κ1) is 14.8. The molecule has 1 aliphatic heterocycles. The Labute approximate surface area is 130 Å². The van der Waals surface area contributed by atoms with Gasteiger partial charge in [0, 0.05) is 19.1 Å². The van der Waals surface area contributed by atoms with Crippen molar-refractivity contribution in [3.8, 4) is 5.69 Å². The molecule has 3 rings (SSSR count). The van der Waals surface area contributed by atoms with Crippen LogP contribution in [0.1, 0.15) is 31.2 Å². The van der Waals surface area contributed by atoms with E-state index in [1.807, 2.05) is 37.3 Å². The summed E-state index contributed by atoms with van der Waals surface area (Å²) in [5.41, 5.74) is 2.09. The number of anilines is 1. The number of carbonyl (C=O) groups is 1. The highest BCUT2D eigenvalue weighted by atomic mass is 16.5. The van der Waals surface area contributed by atoms with Gasteiger partial charge in [-0.05, 0) is 37.8 Å². The van der Waals surface area contributed by atoms with Gasteiger partial charge in [-0.1, -0.05) is 18.2 Å². The van der Waals surface area contributed by atoms with Crippen LogP contribution in [0.15, 0.2) is 36.5 Å². The Morgan fingerprint density at radius 1 is 1.41 bits per heavy atom. The van der Waals surface area contributed by atoms with Crippen LogP contribution >= 0.6 is 0 Å². The molecule has 0 radical (unpaired) electrons. The molecule has 1 aromatic heterocycles. The molecule has 1 fully saturated rings. The Balaban J connectivity index is 1.64. The van der Waals surface area contributed by atoms with E-state index in [4.69, 9.17) is 4.74 Å². The molecule has 0 unspecified atom stereocenters. The van der Waals surface area contributed by atoms with Gasteiger partial charge in [0.25, 0.3) is 0 Å². The van der Waals surface area contributed by atoms with Crippen LogP contribution in [0, 0.1) is 6.92 Å². The lowest BCUT2D eigenvalue weighted by Crippen LogP contribution is -2.17. The van der Waals surface area contributed by atoms with Gasteiger partial charge in [-0.3, -0.25) is 4.79 Å². The lowest BCUT2D eigenvalue weighted by Gasteiger charge is -2.12. The maximum atomic E-state index is 12.1. The third-order valence-corrected chi connectivity index (χ3v) is 3.97. The highest BCUT2D eigenvalue weighted by Crippen LogP contribution is 2.20. The maximum Gasteiger partial charge on any atom is 0.225 e. The number of hydrogen-bond donors (Lipinski definition) is 1. The minimum absolute atomic E-state index is 0.00540. The Kier molecular flexibility index (Phi) is 4.53. The Morgan fingerprint density at radius 2 is 2.27 bits per heavy atom. The molecular weight excluding hydrogens is 278 g/mol. The number of benzene rings is 1. The van der Waals surface area contributed by atoms with Crippen LogP contribution in [0.5, 0.6) is 0 Å². The number of rotatable bonds is 5. The van der Waals surface area contributed by atoms with Crippen LogP contribution in [0.2, 0.25) is 0 Å². The van der Waals surface area contributed by atoms with Crippen LogP contribution in [-0.2, 0) is 9.53 Å². The SMILES string of the molecule is Cc1ccccc1-n1nccc1NC(=O)CC[C@@H]1CCCO1. The number of aryl methyl sites for hydroxylation is 1. The summed E-state index contributed by atoms with van der Waals surface area (Å²) in [5.74, 6) is 0.706. The van der Waals surface area contributed by atoms with E-state index in [2.05, 4.69) is 10.4 Å². The third-order valence-electron chi connectivity index (χ3n) is 3.97. The van der Waals surface area contributed by atoms with Crippen molar-refractivity contribution < 1.29 is 9.53 Å². The summed E-state index contributed by atoms with van der Waals surface area (Å²) in [6.45, 7) is 2.85. The molecule has 1 atom stereocenters. The van der Waals surface area contributed by atoms with Gasteiger partial charge in [0.15, 0.2) is 0 Å². The van der Waals surface area contributed by atoms with Crippen LogP contribution in [0.4, 0.5) is 5.82 Å². The molecule has 0 aliphatic carbocycles. The van der Waals surface area contributed by atoms with Gasteiger partial charge in [-0.2, -0.15) is 5.10 Å². The monoisotopic (exact) mass is 299 g/mol. The van der Waals surface area contributed by atoms with Gasteiger partial charge in [0.2, 0.25) is 5.91 Å². The van der Waals surface area contributed by atoms with Crippen LogP contribution in [0.3, 0.4) is 0 Å². The fraction of sp³-hybridized carbons (Fsp3) is 0.412. The van der Waals surface area contributed by atoms with E-state index in [0.717, 1.165) is 37.1 Å². The molecule has 22 heavy (non-hydrogen) atoms. The molecule has 2 aromatic rings. The van der Waals surface area contributed by atoms with Crippen LogP contribution in [0.25, 0.3) is 5.69 Å². The lowest BCUT2D eigenvalue weighted by atomic mass is 10.1. The van der Waals surface area contributed by atoms with Crippen LogP contribution < -0.4 is 5.32 Å². The number of para-hydroxylation sites is 1. The van der Waals surface area contributed by atoms with Gasteiger partial charge in [-0.25, -0.2) is 4.68 Å². The average Bonchev–Trinajstić information content (AvgIpc) is 3.17. The second kappa shape index (κ2) is 6.75. The maximum absolute atomic E-state index is 12.1. The number of nitrogens with zero attached hydrogens (tertiary/aromatic N) is 2. The van der Waals surface area contributed by atoms with E-state index < -0.39 is 0 Å². The minimum Gasteiger partial charge on any atom is -0.378 e. The Bertz CT molecular complexity index is 645. The first-order valence-electron chi connectivity index (χ1n) is 7.75. The molecule has 1 aliphatic rings. The largest absolute Gasteiger partial charge is 0.378 e. The second-order valence-electron chi connectivity index (χ2n) is 5.64. The normalized spacial score (nSPS) is 17.6. The number of aromatic nitrogens is 2. The van der Waals surface area contributed by atoms with E-state index in [9.17, 15) is 4.79 Å². The molecule has 116 valence electrons. The number of hydrogen-bond acceptors (Lipinski definition) is 3. The highest BCUT2D eigenvalue weighted by Gasteiger charge is 2.17. The quantitative estimate of drug-likeness (QED) is 0.923. The first-order valence-corrected chi connectivity index (χ1v) is 7.75. The van der Waals surface area contributed by atoms with Crippen molar-refractivity contribution in [3.63, 3.8) is 0 Å². The zero-order valence-corrected chi connectivity index (χ0v) is 12.8. The predicted molar refractivity (Wildman–Crippen MR) is 85.1 cm³/mol. The van der Waals surface area contributed by atoms with Gasteiger partial charge < -0.3 is 10.1 Å². The van der Waals surface area contributed by atoms with Gasteiger partial charge in [-0.15, -0.1) is 0 Å².